The number of aliphatic hydroxyl groups is 1. The Kier molecular flexibility index (Phi) is 7.32. The fourth-order valence-electron chi connectivity index (χ4n) is 4.84. The summed E-state index contributed by atoms with van der Waals surface area (Å²) in [7, 11) is 4.41. The molecule has 2 unspecified atom stereocenters. The van der Waals surface area contributed by atoms with Gasteiger partial charge in [0.1, 0.15) is 11.8 Å². The number of aromatic hydroxyl groups is 2. The number of para-hydroxylation sites is 1. The summed E-state index contributed by atoms with van der Waals surface area (Å²) in [6.45, 7) is 0. The summed E-state index contributed by atoms with van der Waals surface area (Å²) >= 11 is 0. The van der Waals surface area contributed by atoms with Gasteiger partial charge in [-0.05, 0) is 48.0 Å². The molecule has 0 aliphatic carbocycles. The van der Waals surface area contributed by atoms with Gasteiger partial charge in [-0.25, -0.2) is 4.57 Å². The van der Waals surface area contributed by atoms with Gasteiger partial charge in [0.2, 0.25) is 17.5 Å². The third-order valence-electron chi connectivity index (χ3n) is 6.82. The molecular formula is C29H28N4O8. The van der Waals surface area contributed by atoms with Gasteiger partial charge in [0.05, 0.1) is 49.2 Å². The summed E-state index contributed by atoms with van der Waals surface area (Å²) in [4.78, 5) is 10.7. The molecule has 0 saturated carbocycles. The van der Waals surface area contributed by atoms with Gasteiger partial charge < -0.3 is 29.5 Å². The molecule has 4 aromatic rings. The number of aliphatic hydroxyl groups excluding tert-OH is 1. The van der Waals surface area contributed by atoms with Gasteiger partial charge in [0.15, 0.2) is 11.5 Å². The highest BCUT2D eigenvalue weighted by Crippen LogP contribution is 2.49. The summed E-state index contributed by atoms with van der Waals surface area (Å²) in [5.74, 6) is 0.537. The summed E-state index contributed by atoms with van der Waals surface area (Å²) in [6.07, 6.45) is 2.06. The summed E-state index contributed by atoms with van der Waals surface area (Å²) in [5, 5.41) is 46.9. The van der Waals surface area contributed by atoms with Gasteiger partial charge in [0.25, 0.3) is 5.69 Å². The predicted molar refractivity (Wildman–Crippen MR) is 152 cm³/mol. The average molecular weight is 561 g/mol. The molecule has 0 saturated heterocycles. The number of hydrogen-bond acceptors (Lipinski definition) is 10. The number of aromatic nitrogens is 1. The van der Waals surface area contributed by atoms with Crippen LogP contribution in [0.15, 0.2) is 72.8 Å². The number of anilines is 2. The zero-order chi connectivity index (χ0) is 29.3. The third kappa shape index (κ3) is 4.80. The van der Waals surface area contributed by atoms with Gasteiger partial charge >= 0.3 is 0 Å². The van der Waals surface area contributed by atoms with Gasteiger partial charge in [0, 0.05) is 12.1 Å². The Labute approximate surface area is 235 Å². The lowest BCUT2D eigenvalue weighted by molar-refractivity contribution is -0.384. The van der Waals surface area contributed by atoms with Gasteiger partial charge in [-0.3, -0.25) is 20.5 Å². The smallest absolute Gasteiger partial charge is 0.269 e. The van der Waals surface area contributed by atoms with Crippen LogP contribution in [-0.2, 0) is 0 Å². The summed E-state index contributed by atoms with van der Waals surface area (Å²) < 4.78 is 17.6. The number of hydrogen-bond donors (Lipinski definition) is 4. The van der Waals surface area contributed by atoms with E-state index in [0.717, 1.165) is 0 Å². The zero-order valence-electron chi connectivity index (χ0n) is 22.4. The SMILES string of the molecule is COc1cc(C(O)C2C=Cc3c(c(O)n(-c4ccccc4)c3O)N2Nc2ccc([N+](=O)[O-])cc2)cc(OC)c1OC. The van der Waals surface area contributed by atoms with Crippen LogP contribution in [0.2, 0.25) is 0 Å². The second-order valence-electron chi connectivity index (χ2n) is 9.12. The molecule has 0 amide bonds. The lowest BCUT2D eigenvalue weighted by atomic mass is 9.97. The Morgan fingerprint density at radius 3 is 2.12 bits per heavy atom. The molecule has 5 rings (SSSR count). The van der Waals surface area contributed by atoms with Crippen molar-refractivity contribution < 1.29 is 34.5 Å². The first-order chi connectivity index (χ1) is 19.8. The van der Waals surface area contributed by atoms with Gasteiger partial charge in [-0.2, -0.15) is 0 Å². The van der Waals surface area contributed by atoms with Crippen LogP contribution in [0.3, 0.4) is 0 Å². The van der Waals surface area contributed by atoms with Crippen molar-refractivity contribution in [3.63, 3.8) is 0 Å². The molecule has 1 aromatic heterocycles. The first-order valence-electron chi connectivity index (χ1n) is 12.5. The van der Waals surface area contributed by atoms with Crippen LogP contribution in [-0.4, -0.2) is 52.2 Å². The second-order valence-corrected chi connectivity index (χ2v) is 9.12. The van der Waals surface area contributed by atoms with E-state index in [1.54, 1.807) is 48.6 Å². The lowest BCUT2D eigenvalue weighted by Gasteiger charge is -2.37. The number of methoxy groups -OCH3 is 3. The topological polar surface area (TPSA) is 152 Å². The highest BCUT2D eigenvalue weighted by atomic mass is 16.6. The number of nitrogens with zero attached hydrogens (tertiary/aromatic N) is 3. The molecule has 0 radical (unpaired) electrons. The van der Waals surface area contributed by atoms with E-state index in [0.29, 0.717) is 39.8 Å². The maximum atomic E-state index is 11.7. The van der Waals surface area contributed by atoms with Crippen molar-refractivity contribution in [1.82, 2.24) is 4.57 Å². The molecule has 41 heavy (non-hydrogen) atoms. The molecule has 12 heteroatoms. The van der Waals surface area contributed by atoms with Gasteiger partial charge in [-0.1, -0.05) is 24.3 Å². The fraction of sp³-hybridized carbons (Fsp3) is 0.172. The van der Waals surface area contributed by atoms with E-state index >= 15 is 0 Å². The van der Waals surface area contributed by atoms with Crippen LogP contribution >= 0.6 is 0 Å². The number of non-ortho nitro benzene ring substituents is 1. The van der Waals surface area contributed by atoms with Crippen LogP contribution in [0.4, 0.5) is 17.1 Å². The minimum Gasteiger partial charge on any atom is -0.494 e. The third-order valence-corrected chi connectivity index (χ3v) is 6.82. The molecule has 3 aromatic carbocycles. The largest absolute Gasteiger partial charge is 0.494 e. The van der Waals surface area contributed by atoms with Crippen molar-refractivity contribution in [3.05, 3.63) is 94.0 Å². The highest BCUT2D eigenvalue weighted by molar-refractivity contribution is 5.84. The van der Waals surface area contributed by atoms with Crippen LogP contribution < -0.4 is 24.6 Å². The van der Waals surface area contributed by atoms with Crippen molar-refractivity contribution in [3.8, 4) is 34.7 Å². The first kappa shape index (κ1) is 27.2. The molecule has 4 N–H and O–H groups in total. The normalized spacial score (nSPS) is 14.7. The number of rotatable bonds is 9. The first-order valence-corrected chi connectivity index (χ1v) is 12.5. The second kappa shape index (κ2) is 11.0. The number of ether oxygens (including phenoxy) is 3. The molecule has 0 spiro atoms. The Balaban J connectivity index is 1.63. The molecule has 2 heterocycles. The monoisotopic (exact) mass is 560 g/mol. The predicted octanol–water partition coefficient (Wildman–Crippen LogP) is 4.79. The minimum atomic E-state index is -1.22. The van der Waals surface area contributed by atoms with E-state index in [1.807, 2.05) is 6.07 Å². The van der Waals surface area contributed by atoms with E-state index < -0.39 is 17.1 Å². The molecule has 2 atom stereocenters. The maximum absolute atomic E-state index is 11.7. The Morgan fingerprint density at radius 2 is 1.56 bits per heavy atom. The van der Waals surface area contributed by atoms with Crippen LogP contribution in [0, 0.1) is 10.1 Å². The van der Waals surface area contributed by atoms with Crippen LogP contribution in [0.1, 0.15) is 17.2 Å². The fourth-order valence-corrected chi connectivity index (χ4v) is 4.84. The Hall–Kier alpha value is -5.36. The number of nitro groups is 1. The van der Waals surface area contributed by atoms with E-state index in [4.69, 9.17) is 14.2 Å². The molecule has 12 nitrogen and oxygen atoms in total. The number of nitrogens with one attached hydrogen (secondary N) is 1. The van der Waals surface area contributed by atoms with Crippen molar-refractivity contribution >= 4 is 23.1 Å². The molecular weight excluding hydrogens is 532 g/mol. The zero-order valence-corrected chi connectivity index (χ0v) is 22.4. The van der Waals surface area contributed by atoms with Crippen molar-refractivity contribution in [2.24, 2.45) is 0 Å². The van der Waals surface area contributed by atoms with E-state index in [-0.39, 0.29) is 23.1 Å². The van der Waals surface area contributed by atoms with Crippen molar-refractivity contribution in [2.75, 3.05) is 31.8 Å². The van der Waals surface area contributed by atoms with Crippen molar-refractivity contribution in [1.29, 1.82) is 0 Å². The Morgan fingerprint density at radius 1 is 0.927 bits per heavy atom. The Bertz CT molecular complexity index is 1580. The molecule has 212 valence electrons. The standard InChI is InChI=1S/C29H28N4O8/c1-39-23-15-17(16-24(40-2)27(23)41-3)26(34)22-14-13-21-25(29(36)31(28(21)35)19-7-5-4-6-8-19)32(22)30-18-9-11-20(12-10-18)33(37)38/h4-16,22,26,30,34-36H,1-3H3. The number of nitro benzene ring substituents is 1. The average Bonchev–Trinajstić information content (AvgIpc) is 3.26. The molecule has 0 bridgehead atoms. The van der Waals surface area contributed by atoms with Crippen molar-refractivity contribution in [2.45, 2.75) is 12.1 Å². The molecule has 1 aliphatic heterocycles. The van der Waals surface area contributed by atoms with E-state index in [9.17, 15) is 25.4 Å². The van der Waals surface area contributed by atoms with E-state index in [1.165, 1.54) is 55.2 Å². The maximum Gasteiger partial charge on any atom is 0.269 e. The minimum absolute atomic E-state index is 0.0977. The number of hydrazine groups is 1. The lowest BCUT2D eigenvalue weighted by Crippen LogP contribution is -2.44. The molecule has 0 fully saturated rings. The van der Waals surface area contributed by atoms with Crippen LogP contribution in [0.5, 0.6) is 29.0 Å². The number of benzene rings is 3. The summed E-state index contributed by atoms with van der Waals surface area (Å²) in [6, 6.07) is 16.9. The van der Waals surface area contributed by atoms with Gasteiger partial charge in [-0.15, -0.1) is 0 Å². The molecule has 1 aliphatic rings. The quantitative estimate of drug-likeness (QED) is 0.166. The number of fused-ring (bicyclic) bond motifs is 1. The summed E-state index contributed by atoms with van der Waals surface area (Å²) in [5.41, 5.74) is 4.90. The van der Waals surface area contributed by atoms with E-state index in [2.05, 4.69) is 5.43 Å². The highest BCUT2D eigenvalue weighted by Gasteiger charge is 2.37. The van der Waals surface area contributed by atoms with Crippen LogP contribution in [0.25, 0.3) is 11.8 Å².